The highest BCUT2D eigenvalue weighted by Gasteiger charge is 2.40. The second-order valence-corrected chi connectivity index (χ2v) is 2.98. The van der Waals surface area contributed by atoms with Crippen LogP contribution >= 0.6 is 0 Å². The molecule has 1 unspecified atom stereocenters. The first-order valence-electron chi connectivity index (χ1n) is 4.24. The second kappa shape index (κ2) is 3.38. The van der Waals surface area contributed by atoms with Gasteiger partial charge in [-0.3, -0.25) is 4.90 Å². The fraction of sp³-hybridized carbons (Fsp3) is 0.200. The summed E-state index contributed by atoms with van der Waals surface area (Å²) in [6, 6.07) is 10.5. The zero-order valence-corrected chi connectivity index (χ0v) is 7.38. The number of carbonyl (C=O) groups is 1. The topological polar surface area (TPSA) is 53.1 Å². The molecule has 1 heterocycles. The van der Waals surface area contributed by atoms with E-state index in [1.54, 1.807) is 24.3 Å². The molecule has 4 heteroatoms. The highest BCUT2D eigenvalue weighted by atomic mass is 16.8. The van der Waals surface area contributed by atoms with Crippen molar-refractivity contribution in [2.45, 2.75) is 6.04 Å². The van der Waals surface area contributed by atoms with Gasteiger partial charge in [-0.05, 0) is 12.1 Å². The smallest absolute Gasteiger partial charge is 0.410 e. The third-order valence-corrected chi connectivity index (χ3v) is 1.94. The number of carbonyl (C=O) groups excluding carboxylic acids is 1. The van der Waals surface area contributed by atoms with Crippen LogP contribution in [-0.2, 0) is 0 Å². The number of ether oxygens (including phenoxy) is 1. The largest absolute Gasteiger partial charge is 0.416 e. The first-order chi connectivity index (χ1) is 6.81. The van der Waals surface area contributed by atoms with Crippen LogP contribution in [-0.4, -0.2) is 23.6 Å². The quantitative estimate of drug-likeness (QED) is 0.629. The fourth-order valence-electron chi connectivity index (χ4n) is 1.10. The Kier molecular flexibility index (Phi) is 2.07. The normalized spacial score (nSPS) is 18.5. The number of hydrogen-bond donors (Lipinski definition) is 0. The third-order valence-electron chi connectivity index (χ3n) is 1.94. The Labute approximate surface area is 81.3 Å². The van der Waals surface area contributed by atoms with Gasteiger partial charge in [0, 0.05) is 0 Å². The lowest BCUT2D eigenvalue weighted by Crippen LogP contribution is -2.17. The van der Waals surface area contributed by atoms with Crippen LogP contribution in [0, 0.1) is 11.3 Å². The molecule has 4 nitrogen and oxygen atoms in total. The van der Waals surface area contributed by atoms with E-state index >= 15 is 0 Å². The van der Waals surface area contributed by atoms with E-state index in [1.807, 2.05) is 12.1 Å². The van der Waals surface area contributed by atoms with Crippen LogP contribution in [0.4, 0.5) is 4.79 Å². The van der Waals surface area contributed by atoms with Crippen molar-refractivity contribution in [1.29, 1.82) is 5.26 Å². The molecule has 1 aliphatic heterocycles. The summed E-state index contributed by atoms with van der Waals surface area (Å²) in [5.74, 6) is 0.501. The average Bonchev–Trinajstić information content (AvgIpc) is 2.98. The van der Waals surface area contributed by atoms with Crippen molar-refractivity contribution in [3.05, 3.63) is 30.3 Å². The summed E-state index contributed by atoms with van der Waals surface area (Å²) < 4.78 is 5.01. The minimum atomic E-state index is -0.456. The molecule has 0 aliphatic carbocycles. The van der Waals surface area contributed by atoms with Crippen molar-refractivity contribution in [1.82, 2.24) is 4.90 Å². The minimum absolute atomic E-state index is 0.300. The third kappa shape index (κ3) is 1.67. The van der Waals surface area contributed by atoms with Gasteiger partial charge in [0.1, 0.15) is 11.8 Å². The standard InChI is InChI=1S/C10H8N2O2/c11-6-8-7-12(8)10(13)14-9-4-2-1-3-5-9/h1-5,8H,7H2/i10+2. The fourth-order valence-corrected chi connectivity index (χ4v) is 1.10. The van der Waals surface area contributed by atoms with Gasteiger partial charge in [0.05, 0.1) is 12.6 Å². The van der Waals surface area contributed by atoms with Crippen LogP contribution < -0.4 is 4.74 Å². The van der Waals surface area contributed by atoms with Gasteiger partial charge >= 0.3 is 6.09 Å². The Bertz CT molecular complexity index is 383. The van der Waals surface area contributed by atoms with Crippen molar-refractivity contribution in [2.75, 3.05) is 6.54 Å². The molecule has 0 spiro atoms. The van der Waals surface area contributed by atoms with Gasteiger partial charge in [0.25, 0.3) is 0 Å². The van der Waals surface area contributed by atoms with E-state index in [0.29, 0.717) is 12.3 Å². The van der Waals surface area contributed by atoms with Crippen LogP contribution in [0.1, 0.15) is 0 Å². The molecular formula is C10H8N2O2. The zero-order chi connectivity index (χ0) is 9.97. The molecule has 1 saturated heterocycles. The van der Waals surface area contributed by atoms with Crippen LogP contribution in [0.5, 0.6) is 5.75 Å². The predicted octanol–water partition coefficient (Wildman–Crippen LogP) is 1.39. The van der Waals surface area contributed by atoms with Gasteiger partial charge in [-0.1, -0.05) is 18.2 Å². The molecule has 1 amide bonds. The molecule has 1 aromatic carbocycles. The first-order valence-corrected chi connectivity index (χ1v) is 4.24. The van der Waals surface area contributed by atoms with Crippen LogP contribution in [0.2, 0.25) is 0 Å². The summed E-state index contributed by atoms with van der Waals surface area (Å²) >= 11 is 0. The first kappa shape index (κ1) is 8.57. The van der Waals surface area contributed by atoms with Crippen molar-refractivity contribution < 1.29 is 9.53 Å². The van der Waals surface area contributed by atoms with E-state index in [4.69, 9.17) is 10.00 Å². The molecule has 0 radical (unpaired) electrons. The van der Waals surface area contributed by atoms with Gasteiger partial charge < -0.3 is 4.74 Å². The highest BCUT2D eigenvalue weighted by molar-refractivity contribution is 5.74. The van der Waals surface area contributed by atoms with Crippen LogP contribution in [0.3, 0.4) is 0 Å². The summed E-state index contributed by atoms with van der Waals surface area (Å²) in [4.78, 5) is 12.7. The average molecular weight is 190 g/mol. The van der Waals surface area contributed by atoms with E-state index < -0.39 is 6.09 Å². The number of rotatable bonds is 1. The van der Waals surface area contributed by atoms with E-state index in [9.17, 15) is 4.79 Å². The summed E-state index contributed by atoms with van der Waals surface area (Å²) in [7, 11) is 0. The maximum atomic E-state index is 11.3. The molecule has 14 heavy (non-hydrogen) atoms. The Hall–Kier alpha value is -2.02. The van der Waals surface area contributed by atoms with Crippen LogP contribution in [0.25, 0.3) is 0 Å². The summed E-state index contributed by atoms with van der Waals surface area (Å²) in [6.45, 7) is 0.474. The molecule has 1 atom stereocenters. The van der Waals surface area contributed by atoms with Crippen molar-refractivity contribution in [3.63, 3.8) is 0 Å². The molecule has 1 aliphatic rings. The molecule has 0 N–H and O–H groups in total. The molecule has 1 fully saturated rings. The van der Waals surface area contributed by atoms with E-state index in [-0.39, 0.29) is 6.04 Å². The lowest BCUT2D eigenvalue weighted by atomic mass is 10.3. The monoisotopic (exact) mass is 190 g/mol. The number of amides is 1. The second-order valence-electron chi connectivity index (χ2n) is 2.98. The summed E-state index contributed by atoms with van der Waals surface area (Å²) in [5.41, 5.74) is 0. The van der Waals surface area contributed by atoms with Gasteiger partial charge in [-0.25, -0.2) is 4.79 Å². The molecule has 70 valence electrons. The van der Waals surface area contributed by atoms with Crippen molar-refractivity contribution >= 4 is 6.09 Å². The van der Waals surface area contributed by atoms with Crippen molar-refractivity contribution in [3.8, 4) is 11.8 Å². The maximum Gasteiger partial charge on any atom is 0.416 e. The highest BCUT2D eigenvalue weighted by Crippen LogP contribution is 2.19. The number of nitrogens with zero attached hydrogens (tertiary/aromatic N) is 2. The Morgan fingerprint density at radius 1 is 1.50 bits per heavy atom. The summed E-state index contributed by atoms with van der Waals surface area (Å²) in [6.07, 6.45) is -0.456. The van der Waals surface area contributed by atoms with E-state index in [1.165, 1.54) is 4.90 Å². The van der Waals surface area contributed by atoms with Crippen molar-refractivity contribution in [2.24, 2.45) is 0 Å². The molecular weight excluding hydrogens is 182 g/mol. The SMILES string of the molecule is N#CC1CN1[14C](=O)Oc1ccccc1. The van der Waals surface area contributed by atoms with Crippen LogP contribution in [0.15, 0.2) is 30.3 Å². The van der Waals surface area contributed by atoms with E-state index in [0.717, 1.165) is 0 Å². The van der Waals surface area contributed by atoms with Gasteiger partial charge in [0.2, 0.25) is 0 Å². The number of nitriles is 1. The Morgan fingerprint density at radius 2 is 2.21 bits per heavy atom. The molecule has 2 rings (SSSR count). The number of hydrogen-bond acceptors (Lipinski definition) is 3. The summed E-state index contributed by atoms with van der Waals surface area (Å²) in [5, 5.41) is 8.49. The predicted molar refractivity (Wildman–Crippen MR) is 48.6 cm³/mol. The minimum Gasteiger partial charge on any atom is -0.410 e. The molecule has 0 bridgehead atoms. The molecule has 0 saturated carbocycles. The Balaban J connectivity index is 1.94. The van der Waals surface area contributed by atoms with Gasteiger partial charge in [0.15, 0.2) is 0 Å². The number of benzene rings is 1. The van der Waals surface area contributed by atoms with Gasteiger partial charge in [-0.2, -0.15) is 5.26 Å². The number of para-hydroxylation sites is 1. The maximum absolute atomic E-state index is 11.3. The Morgan fingerprint density at radius 3 is 2.79 bits per heavy atom. The molecule has 1 aromatic rings. The molecule has 0 aromatic heterocycles. The van der Waals surface area contributed by atoms with E-state index in [2.05, 4.69) is 0 Å². The lowest BCUT2D eigenvalue weighted by Gasteiger charge is -2.03. The zero-order valence-electron chi connectivity index (χ0n) is 7.38. The lowest BCUT2D eigenvalue weighted by molar-refractivity contribution is 0.184. The van der Waals surface area contributed by atoms with Gasteiger partial charge in [-0.15, -0.1) is 0 Å².